The normalized spacial score (nSPS) is 12.9. The zero-order chi connectivity index (χ0) is 21.3. The summed E-state index contributed by atoms with van der Waals surface area (Å²) in [6, 6.07) is 11.9. The largest absolute Gasteiger partial charge is 0.337 e. The van der Waals surface area contributed by atoms with Gasteiger partial charge in [0.2, 0.25) is 0 Å². The molecule has 152 valence electrons. The van der Waals surface area contributed by atoms with Crippen LogP contribution in [0.4, 0.5) is 5.69 Å². The second kappa shape index (κ2) is 8.08. The maximum absolute atomic E-state index is 12.8. The number of unbranched alkanes of at least 4 members (excludes halogenated alkanes) is 1. The highest BCUT2D eigenvalue weighted by Gasteiger charge is 2.35. The van der Waals surface area contributed by atoms with E-state index >= 15 is 0 Å². The number of carbonyl (C=O) groups is 3. The van der Waals surface area contributed by atoms with Crippen molar-refractivity contribution in [1.82, 2.24) is 14.5 Å². The minimum atomic E-state index is -0.361. The predicted molar refractivity (Wildman–Crippen MR) is 116 cm³/mol. The molecule has 0 fully saturated rings. The number of H-pyrrole nitrogens is 1. The van der Waals surface area contributed by atoms with E-state index in [4.69, 9.17) is 12.2 Å². The number of nitrogens with one attached hydrogen (secondary N) is 2. The maximum atomic E-state index is 12.8. The third-order valence-electron chi connectivity index (χ3n) is 5.00. The maximum Gasteiger partial charge on any atom is 0.261 e. The Kier molecular flexibility index (Phi) is 5.33. The van der Waals surface area contributed by atoms with Gasteiger partial charge in [-0.15, -0.1) is 0 Å². The van der Waals surface area contributed by atoms with Gasteiger partial charge in [-0.25, -0.2) is 0 Å². The Balaban J connectivity index is 1.56. The molecular weight excluding hydrogens is 400 g/mol. The minimum Gasteiger partial charge on any atom is -0.337 e. The van der Waals surface area contributed by atoms with Gasteiger partial charge in [0, 0.05) is 35.9 Å². The molecule has 0 unspecified atom stereocenters. The average Bonchev–Trinajstić information content (AvgIpc) is 3.28. The lowest BCUT2D eigenvalue weighted by atomic mass is 10.1. The molecule has 4 rings (SSSR count). The van der Waals surface area contributed by atoms with E-state index in [9.17, 15) is 14.4 Å². The van der Waals surface area contributed by atoms with Crippen molar-refractivity contribution >= 4 is 35.6 Å². The monoisotopic (exact) mass is 420 g/mol. The highest BCUT2D eigenvalue weighted by molar-refractivity contribution is 7.71. The van der Waals surface area contributed by atoms with Crippen molar-refractivity contribution in [2.24, 2.45) is 0 Å². The molecule has 8 heteroatoms. The molecule has 2 aromatic carbocycles. The fourth-order valence-electron chi connectivity index (χ4n) is 3.41. The molecular formula is C22H20N4O3S. The number of hydrogen-bond donors (Lipinski definition) is 2. The number of carbonyl (C=O) groups excluding carboxylic acids is 3. The molecule has 0 bridgehead atoms. The van der Waals surface area contributed by atoms with Gasteiger partial charge in [-0.2, -0.15) is 0 Å². The molecule has 0 spiro atoms. The number of amides is 3. The van der Waals surface area contributed by atoms with Gasteiger partial charge in [0.25, 0.3) is 17.7 Å². The number of anilines is 1. The van der Waals surface area contributed by atoms with Crippen LogP contribution in [0.1, 0.15) is 50.8 Å². The first-order chi connectivity index (χ1) is 14.5. The van der Waals surface area contributed by atoms with Gasteiger partial charge in [0.15, 0.2) is 4.77 Å². The van der Waals surface area contributed by atoms with Crippen molar-refractivity contribution in [2.45, 2.75) is 19.8 Å². The number of aromatic amines is 1. The van der Waals surface area contributed by atoms with Crippen LogP contribution in [0.2, 0.25) is 0 Å². The third-order valence-corrected chi connectivity index (χ3v) is 5.31. The Hall–Kier alpha value is -3.52. The van der Waals surface area contributed by atoms with E-state index < -0.39 is 0 Å². The van der Waals surface area contributed by atoms with E-state index in [1.54, 1.807) is 41.2 Å². The van der Waals surface area contributed by atoms with Crippen LogP contribution in [0.5, 0.6) is 0 Å². The summed E-state index contributed by atoms with van der Waals surface area (Å²) in [6.45, 7) is 2.39. The first kappa shape index (κ1) is 19.8. The van der Waals surface area contributed by atoms with Crippen molar-refractivity contribution in [1.29, 1.82) is 0 Å². The highest BCUT2D eigenvalue weighted by atomic mass is 32.1. The third kappa shape index (κ3) is 3.57. The summed E-state index contributed by atoms with van der Waals surface area (Å²) in [7, 11) is 0. The average molecular weight is 420 g/mol. The molecule has 0 saturated heterocycles. The summed E-state index contributed by atoms with van der Waals surface area (Å²) in [4.78, 5) is 42.0. The van der Waals surface area contributed by atoms with E-state index in [-0.39, 0.29) is 23.3 Å². The zero-order valence-corrected chi connectivity index (χ0v) is 17.2. The number of rotatable bonds is 6. The number of fused-ring (bicyclic) bond motifs is 1. The second-order valence-corrected chi connectivity index (χ2v) is 7.40. The molecule has 0 aliphatic carbocycles. The van der Waals surface area contributed by atoms with Gasteiger partial charge in [0.05, 0.1) is 11.1 Å². The zero-order valence-electron chi connectivity index (χ0n) is 16.3. The standard InChI is InChI=1S/C22H20N4O3S/c1-2-3-10-26-20(28)17-8-7-14(12-18(17)21(26)29)19(27)24-15-5-4-6-16(13-15)25-11-9-23-22(25)30/h4-9,11-13H,2-3,10H2,1H3,(H,23,30)(H,24,27). The molecule has 3 amide bonds. The predicted octanol–water partition coefficient (Wildman–Crippen LogP) is 4.18. The van der Waals surface area contributed by atoms with Gasteiger partial charge in [-0.3, -0.25) is 23.9 Å². The summed E-state index contributed by atoms with van der Waals surface area (Å²) in [5, 5.41) is 2.84. The molecule has 30 heavy (non-hydrogen) atoms. The van der Waals surface area contributed by atoms with Crippen molar-refractivity contribution < 1.29 is 14.4 Å². The Bertz CT molecular complexity index is 1210. The lowest BCUT2D eigenvalue weighted by Gasteiger charge is -2.12. The Morgan fingerprint density at radius 2 is 1.90 bits per heavy atom. The van der Waals surface area contributed by atoms with E-state index in [1.807, 2.05) is 19.1 Å². The van der Waals surface area contributed by atoms with E-state index in [1.165, 1.54) is 11.0 Å². The Morgan fingerprint density at radius 3 is 2.63 bits per heavy atom. The summed E-state index contributed by atoms with van der Waals surface area (Å²) < 4.78 is 2.34. The topological polar surface area (TPSA) is 87.2 Å². The molecule has 0 saturated carbocycles. The smallest absolute Gasteiger partial charge is 0.261 e. The summed E-state index contributed by atoms with van der Waals surface area (Å²) in [5.74, 6) is -1.01. The fourth-order valence-corrected chi connectivity index (χ4v) is 3.65. The molecule has 7 nitrogen and oxygen atoms in total. The van der Waals surface area contributed by atoms with Gasteiger partial charge in [0.1, 0.15) is 0 Å². The van der Waals surface area contributed by atoms with Crippen LogP contribution in [0, 0.1) is 4.77 Å². The molecule has 0 atom stereocenters. The molecule has 3 aromatic rings. The Labute approximate surface area is 178 Å². The number of aromatic nitrogens is 2. The number of imidazole rings is 1. The SMILES string of the molecule is CCCCN1C(=O)c2ccc(C(=O)Nc3cccc(-n4cc[nH]c4=S)c3)cc2C1=O. The molecule has 1 aliphatic heterocycles. The fraction of sp³-hybridized carbons (Fsp3) is 0.182. The summed E-state index contributed by atoms with van der Waals surface area (Å²) in [5.41, 5.74) is 2.33. The lowest BCUT2D eigenvalue weighted by molar-refractivity contribution is 0.0652. The Morgan fingerprint density at radius 1 is 1.10 bits per heavy atom. The second-order valence-electron chi connectivity index (χ2n) is 7.02. The van der Waals surface area contributed by atoms with Crippen molar-refractivity contribution in [3.8, 4) is 5.69 Å². The van der Waals surface area contributed by atoms with E-state index in [0.29, 0.717) is 28.1 Å². The summed E-state index contributed by atoms with van der Waals surface area (Å²) in [6.07, 6.45) is 5.17. The quantitative estimate of drug-likeness (QED) is 0.463. The molecule has 1 aliphatic rings. The molecule has 1 aromatic heterocycles. The number of nitrogens with zero attached hydrogens (tertiary/aromatic N) is 2. The molecule has 2 N–H and O–H groups in total. The van der Waals surface area contributed by atoms with Crippen LogP contribution >= 0.6 is 12.2 Å². The number of benzene rings is 2. The van der Waals surface area contributed by atoms with Crippen LogP contribution in [-0.2, 0) is 0 Å². The highest BCUT2D eigenvalue weighted by Crippen LogP contribution is 2.25. The number of hydrogen-bond acceptors (Lipinski definition) is 4. The molecule has 0 radical (unpaired) electrons. The van der Waals surface area contributed by atoms with Gasteiger partial charge in [-0.1, -0.05) is 19.4 Å². The van der Waals surface area contributed by atoms with Crippen LogP contribution in [0.3, 0.4) is 0 Å². The van der Waals surface area contributed by atoms with Crippen molar-refractivity contribution in [3.05, 3.63) is 76.3 Å². The van der Waals surface area contributed by atoms with E-state index in [0.717, 1.165) is 18.5 Å². The first-order valence-electron chi connectivity index (χ1n) is 9.67. The van der Waals surface area contributed by atoms with Gasteiger partial charge >= 0.3 is 0 Å². The van der Waals surface area contributed by atoms with Crippen LogP contribution in [0.25, 0.3) is 5.69 Å². The van der Waals surface area contributed by atoms with Crippen LogP contribution in [0.15, 0.2) is 54.9 Å². The lowest BCUT2D eigenvalue weighted by Crippen LogP contribution is -2.30. The molecule has 2 heterocycles. The van der Waals surface area contributed by atoms with Gasteiger partial charge in [-0.05, 0) is 55.0 Å². The van der Waals surface area contributed by atoms with Crippen LogP contribution < -0.4 is 5.32 Å². The summed E-state index contributed by atoms with van der Waals surface area (Å²) >= 11 is 5.23. The van der Waals surface area contributed by atoms with Crippen molar-refractivity contribution in [2.75, 3.05) is 11.9 Å². The minimum absolute atomic E-state index is 0.274. The first-order valence-corrected chi connectivity index (χ1v) is 10.1. The van der Waals surface area contributed by atoms with E-state index in [2.05, 4.69) is 10.3 Å². The number of imide groups is 1. The van der Waals surface area contributed by atoms with Crippen molar-refractivity contribution in [3.63, 3.8) is 0 Å². The van der Waals surface area contributed by atoms with Crippen LogP contribution in [-0.4, -0.2) is 38.7 Å². The van der Waals surface area contributed by atoms with Gasteiger partial charge < -0.3 is 10.3 Å².